The molecule has 0 bridgehead atoms. The molecule has 0 saturated carbocycles. The van der Waals surface area contributed by atoms with Crippen molar-refractivity contribution in [2.24, 2.45) is 0 Å². The predicted octanol–water partition coefficient (Wildman–Crippen LogP) is 5.20. The van der Waals surface area contributed by atoms with Crippen LogP contribution in [0.5, 0.6) is 11.5 Å². The molecule has 3 heterocycles. The van der Waals surface area contributed by atoms with Gasteiger partial charge in [-0.3, -0.25) is 19.6 Å². The summed E-state index contributed by atoms with van der Waals surface area (Å²) in [5.74, 6) is 0.397. The predicted molar refractivity (Wildman–Crippen MR) is 128 cm³/mol. The van der Waals surface area contributed by atoms with E-state index in [9.17, 15) is 9.59 Å². The lowest BCUT2D eigenvalue weighted by atomic mass is 9.94. The van der Waals surface area contributed by atoms with Gasteiger partial charge in [0.05, 0.1) is 16.8 Å². The Balaban J connectivity index is 1.49. The van der Waals surface area contributed by atoms with Crippen molar-refractivity contribution in [3.8, 4) is 11.5 Å². The van der Waals surface area contributed by atoms with E-state index in [1.165, 1.54) is 18.5 Å². The first-order valence-electron chi connectivity index (χ1n) is 10.6. The second-order valence-corrected chi connectivity index (χ2v) is 8.12. The van der Waals surface area contributed by atoms with Gasteiger partial charge in [0.25, 0.3) is 5.91 Å². The summed E-state index contributed by atoms with van der Waals surface area (Å²) in [7, 11) is 0. The molecular weight excluding hydrogens is 452 g/mol. The van der Waals surface area contributed by atoms with E-state index in [0.29, 0.717) is 27.8 Å². The summed E-state index contributed by atoms with van der Waals surface area (Å²) in [6.07, 6.45) is 6.24. The molecule has 0 saturated heterocycles. The number of pyridine rings is 2. The van der Waals surface area contributed by atoms with Crippen LogP contribution in [0.2, 0.25) is 5.02 Å². The highest BCUT2D eigenvalue weighted by Crippen LogP contribution is 2.42. The number of carbonyl (C=O) groups is 2. The summed E-state index contributed by atoms with van der Waals surface area (Å²) in [5.41, 5.74) is 2.50. The van der Waals surface area contributed by atoms with Crippen LogP contribution in [0.1, 0.15) is 37.9 Å². The Kier molecular flexibility index (Phi) is 5.93. The first kappa shape index (κ1) is 21.6. The average Bonchev–Trinajstić information content (AvgIpc) is 3.04. The van der Waals surface area contributed by atoms with Crippen molar-refractivity contribution in [2.45, 2.75) is 12.6 Å². The number of fused-ring (bicyclic) bond motifs is 2. The maximum absolute atomic E-state index is 13.8. The third-order valence-corrected chi connectivity index (χ3v) is 5.70. The van der Waals surface area contributed by atoms with Crippen LogP contribution in [0.3, 0.4) is 0 Å². The number of anilines is 1. The number of nitrogens with one attached hydrogen (secondary N) is 2. The van der Waals surface area contributed by atoms with Crippen LogP contribution in [0.15, 0.2) is 85.5 Å². The van der Waals surface area contributed by atoms with Gasteiger partial charge >= 0.3 is 0 Å². The topological polar surface area (TPSA) is 93.2 Å². The minimum absolute atomic E-state index is 0.198. The number of hydrogen-bond acceptors (Lipinski definition) is 6. The summed E-state index contributed by atoms with van der Waals surface area (Å²) in [6, 6.07) is 16.8. The molecule has 2 N–H and O–H groups in total. The second kappa shape index (κ2) is 9.33. The third kappa shape index (κ3) is 4.33. The first-order chi connectivity index (χ1) is 16.6. The largest absolute Gasteiger partial charge is 0.455 e. The number of halogens is 1. The number of rotatable bonds is 5. The van der Waals surface area contributed by atoms with Crippen molar-refractivity contribution >= 4 is 29.0 Å². The fourth-order valence-electron chi connectivity index (χ4n) is 3.80. The van der Waals surface area contributed by atoms with Gasteiger partial charge in [-0.15, -0.1) is 0 Å². The highest BCUT2D eigenvalue weighted by molar-refractivity contribution is 6.31. The minimum atomic E-state index is -0.815. The minimum Gasteiger partial charge on any atom is -0.455 e. The molecule has 1 aliphatic heterocycles. The molecule has 0 fully saturated rings. The molecule has 168 valence electrons. The Hall–Kier alpha value is -4.23. The monoisotopic (exact) mass is 470 g/mol. The molecule has 0 radical (unpaired) electrons. The lowest BCUT2D eigenvalue weighted by Gasteiger charge is -2.19. The number of amides is 1. The van der Waals surface area contributed by atoms with E-state index >= 15 is 0 Å². The fourth-order valence-corrected chi connectivity index (χ4v) is 3.97. The molecule has 2 aromatic heterocycles. The maximum atomic E-state index is 13.8. The smallest absolute Gasteiger partial charge is 0.252 e. The maximum Gasteiger partial charge on any atom is 0.252 e. The van der Waals surface area contributed by atoms with Gasteiger partial charge in [0.15, 0.2) is 11.5 Å². The quantitative estimate of drug-likeness (QED) is 0.389. The summed E-state index contributed by atoms with van der Waals surface area (Å²) < 4.78 is 6.06. The second-order valence-electron chi connectivity index (χ2n) is 7.69. The molecule has 1 aliphatic rings. The highest BCUT2D eigenvalue weighted by Gasteiger charge is 2.31. The molecule has 0 spiro atoms. The van der Waals surface area contributed by atoms with E-state index in [-0.39, 0.29) is 29.4 Å². The van der Waals surface area contributed by atoms with E-state index < -0.39 is 6.04 Å². The van der Waals surface area contributed by atoms with E-state index in [0.717, 1.165) is 5.56 Å². The molecule has 8 heteroatoms. The summed E-state index contributed by atoms with van der Waals surface area (Å²) >= 11 is 6.19. The van der Waals surface area contributed by atoms with Crippen molar-refractivity contribution in [3.05, 3.63) is 113 Å². The van der Waals surface area contributed by atoms with Crippen LogP contribution in [0.25, 0.3) is 0 Å². The lowest BCUT2D eigenvalue weighted by Crippen LogP contribution is -2.28. The molecule has 2 aromatic carbocycles. The molecule has 7 nitrogen and oxygen atoms in total. The van der Waals surface area contributed by atoms with E-state index in [1.54, 1.807) is 42.7 Å². The zero-order chi connectivity index (χ0) is 23.5. The Morgan fingerprint density at radius 3 is 2.65 bits per heavy atom. The van der Waals surface area contributed by atoms with Crippen molar-refractivity contribution < 1.29 is 14.3 Å². The molecule has 1 atom stereocenters. The molecule has 0 aliphatic carbocycles. The van der Waals surface area contributed by atoms with E-state index in [1.807, 2.05) is 24.3 Å². The molecule has 5 rings (SSSR count). The van der Waals surface area contributed by atoms with Gasteiger partial charge in [-0.05, 0) is 42.0 Å². The van der Waals surface area contributed by atoms with Crippen LogP contribution in [-0.2, 0) is 6.54 Å². The average molecular weight is 471 g/mol. The number of hydrogen-bond donors (Lipinski definition) is 2. The van der Waals surface area contributed by atoms with Gasteiger partial charge in [-0.25, -0.2) is 0 Å². The zero-order valence-electron chi connectivity index (χ0n) is 17.9. The number of aromatic nitrogens is 2. The Labute approximate surface area is 200 Å². The number of para-hydroxylation sites is 1. The van der Waals surface area contributed by atoms with Crippen molar-refractivity contribution in [2.75, 3.05) is 5.32 Å². The number of carbonyl (C=O) groups excluding carboxylic acids is 2. The van der Waals surface area contributed by atoms with Crippen LogP contribution >= 0.6 is 11.6 Å². The normalized spacial score (nSPS) is 14.0. The zero-order valence-corrected chi connectivity index (χ0v) is 18.6. The van der Waals surface area contributed by atoms with Gasteiger partial charge in [0.2, 0.25) is 0 Å². The van der Waals surface area contributed by atoms with Gasteiger partial charge < -0.3 is 15.4 Å². The molecule has 34 heavy (non-hydrogen) atoms. The number of ketones is 1. The van der Waals surface area contributed by atoms with Crippen LogP contribution in [0, 0.1) is 0 Å². The van der Waals surface area contributed by atoms with Crippen LogP contribution in [0.4, 0.5) is 5.69 Å². The van der Waals surface area contributed by atoms with Crippen molar-refractivity contribution in [1.29, 1.82) is 0 Å². The Bertz CT molecular complexity index is 1380. The summed E-state index contributed by atoms with van der Waals surface area (Å²) in [5, 5.41) is 6.60. The van der Waals surface area contributed by atoms with E-state index in [2.05, 4.69) is 20.6 Å². The molecule has 4 aromatic rings. The third-order valence-electron chi connectivity index (χ3n) is 5.46. The van der Waals surface area contributed by atoms with E-state index in [4.69, 9.17) is 16.3 Å². The van der Waals surface area contributed by atoms with Crippen LogP contribution < -0.4 is 15.4 Å². The summed E-state index contributed by atoms with van der Waals surface area (Å²) in [6.45, 7) is 0.285. The summed E-state index contributed by atoms with van der Waals surface area (Å²) in [4.78, 5) is 35.0. The van der Waals surface area contributed by atoms with Crippen molar-refractivity contribution in [3.63, 3.8) is 0 Å². The van der Waals surface area contributed by atoms with Gasteiger partial charge in [0, 0.05) is 41.9 Å². The first-order valence-corrected chi connectivity index (χ1v) is 11.0. The number of benzene rings is 2. The van der Waals surface area contributed by atoms with Crippen molar-refractivity contribution in [1.82, 2.24) is 15.3 Å². The Morgan fingerprint density at radius 1 is 0.941 bits per heavy atom. The van der Waals surface area contributed by atoms with Crippen LogP contribution in [-0.4, -0.2) is 21.7 Å². The standard InChI is InChI=1S/C26H19ClN4O3/c27-17-7-8-23-21(12-17)31-24(19-5-1-2-6-22(19)34-23)25(32)20-15-29-11-9-18(20)26(33)30-14-16-4-3-10-28-13-16/h1-13,15,24,31H,14H2,(H,30,33). The number of nitrogens with zero attached hydrogens (tertiary/aromatic N) is 2. The molecule has 1 amide bonds. The SMILES string of the molecule is O=C(NCc1cccnc1)c1ccncc1C(=O)C1Nc2cc(Cl)ccc2Oc2ccccc21. The fraction of sp³-hybridized carbons (Fsp3) is 0.0769. The number of Topliss-reactive ketones (excluding diaryl/α,β-unsaturated/α-hetero) is 1. The highest BCUT2D eigenvalue weighted by atomic mass is 35.5. The number of ether oxygens (including phenoxy) is 1. The van der Waals surface area contributed by atoms with Gasteiger partial charge in [-0.2, -0.15) is 0 Å². The van der Waals surface area contributed by atoms with Gasteiger partial charge in [0.1, 0.15) is 11.8 Å². The Morgan fingerprint density at radius 2 is 1.79 bits per heavy atom. The molecule has 1 unspecified atom stereocenters. The molecular formula is C26H19ClN4O3. The lowest BCUT2D eigenvalue weighted by molar-refractivity contribution is 0.0924. The van der Waals surface area contributed by atoms with Gasteiger partial charge in [-0.1, -0.05) is 35.9 Å².